The van der Waals surface area contributed by atoms with Gasteiger partial charge in [0.15, 0.2) is 0 Å². The fraction of sp³-hybridized carbons (Fsp3) is 0.286. The molecule has 0 aliphatic rings. The van der Waals surface area contributed by atoms with E-state index in [1.165, 1.54) is 12.1 Å². The SMILES string of the molecule is C=C(NC(C)=NCC(N)=O)c1ccc(F)cc1.CC. The lowest BCUT2D eigenvalue weighted by Gasteiger charge is -2.09. The quantitative estimate of drug-likeness (QED) is 0.648. The maximum atomic E-state index is 12.7. The molecule has 0 aliphatic carbocycles. The smallest absolute Gasteiger partial charge is 0.239 e. The Kier molecular flexibility index (Phi) is 7.84. The van der Waals surface area contributed by atoms with Crippen LogP contribution in [0.25, 0.3) is 5.70 Å². The third kappa shape index (κ3) is 6.98. The number of nitrogens with zero attached hydrogens (tertiary/aromatic N) is 1. The first-order chi connectivity index (χ1) is 8.99. The Morgan fingerprint density at radius 3 is 2.37 bits per heavy atom. The van der Waals surface area contributed by atoms with Crippen molar-refractivity contribution in [3.8, 4) is 0 Å². The summed E-state index contributed by atoms with van der Waals surface area (Å²) in [6.45, 7) is 9.41. The number of nitrogens with two attached hydrogens (primary N) is 1. The Labute approximate surface area is 113 Å². The third-order valence-corrected chi connectivity index (χ3v) is 2.00. The van der Waals surface area contributed by atoms with E-state index in [9.17, 15) is 9.18 Å². The minimum absolute atomic E-state index is 0.0739. The Hall–Kier alpha value is -2.17. The number of carbonyl (C=O) groups is 1. The molecule has 19 heavy (non-hydrogen) atoms. The Bertz CT molecular complexity index is 452. The number of amidine groups is 1. The van der Waals surface area contributed by atoms with E-state index in [1.807, 2.05) is 13.8 Å². The van der Waals surface area contributed by atoms with E-state index in [0.717, 1.165) is 5.56 Å². The van der Waals surface area contributed by atoms with Crippen LogP contribution in [0.5, 0.6) is 0 Å². The summed E-state index contributed by atoms with van der Waals surface area (Å²) in [5, 5.41) is 2.90. The molecule has 0 saturated carbocycles. The van der Waals surface area contributed by atoms with Gasteiger partial charge in [0.2, 0.25) is 5.91 Å². The molecule has 1 amide bonds. The number of rotatable bonds is 4. The first-order valence-corrected chi connectivity index (χ1v) is 6.00. The summed E-state index contributed by atoms with van der Waals surface area (Å²) in [7, 11) is 0. The molecule has 0 radical (unpaired) electrons. The van der Waals surface area contributed by atoms with E-state index in [0.29, 0.717) is 11.5 Å². The number of aliphatic imine (C=N–C) groups is 1. The van der Waals surface area contributed by atoms with Crippen molar-refractivity contribution < 1.29 is 9.18 Å². The van der Waals surface area contributed by atoms with Crippen LogP contribution in [-0.4, -0.2) is 18.3 Å². The predicted octanol–water partition coefficient (Wildman–Crippen LogP) is 2.32. The molecule has 0 spiro atoms. The van der Waals surface area contributed by atoms with E-state index in [-0.39, 0.29) is 12.4 Å². The van der Waals surface area contributed by atoms with Gasteiger partial charge >= 0.3 is 0 Å². The number of hydrogen-bond donors (Lipinski definition) is 2. The van der Waals surface area contributed by atoms with E-state index < -0.39 is 5.91 Å². The number of halogens is 1. The van der Waals surface area contributed by atoms with E-state index in [4.69, 9.17) is 5.73 Å². The number of nitrogens with one attached hydrogen (secondary N) is 1. The van der Waals surface area contributed by atoms with Gasteiger partial charge in [0, 0.05) is 5.70 Å². The maximum absolute atomic E-state index is 12.7. The number of amides is 1. The normalized spacial score (nSPS) is 10.2. The van der Waals surface area contributed by atoms with Crippen LogP contribution in [0.3, 0.4) is 0 Å². The summed E-state index contributed by atoms with van der Waals surface area (Å²) < 4.78 is 12.7. The Morgan fingerprint density at radius 2 is 1.89 bits per heavy atom. The van der Waals surface area contributed by atoms with Crippen molar-refractivity contribution in [2.45, 2.75) is 20.8 Å². The van der Waals surface area contributed by atoms with Gasteiger partial charge in [-0.3, -0.25) is 9.79 Å². The van der Waals surface area contributed by atoms with Crippen molar-refractivity contribution in [1.82, 2.24) is 5.32 Å². The number of carbonyl (C=O) groups excluding carboxylic acids is 1. The summed E-state index contributed by atoms with van der Waals surface area (Å²) in [4.78, 5) is 14.4. The van der Waals surface area contributed by atoms with Crippen LogP contribution in [0.15, 0.2) is 35.8 Å². The molecule has 3 N–H and O–H groups in total. The highest BCUT2D eigenvalue weighted by Gasteiger charge is 2.00. The van der Waals surface area contributed by atoms with Crippen molar-refractivity contribution in [3.05, 3.63) is 42.2 Å². The zero-order chi connectivity index (χ0) is 14.8. The Morgan fingerprint density at radius 1 is 1.37 bits per heavy atom. The highest BCUT2D eigenvalue weighted by molar-refractivity contribution is 5.90. The first-order valence-electron chi connectivity index (χ1n) is 6.00. The van der Waals surface area contributed by atoms with Gasteiger partial charge in [-0.2, -0.15) is 0 Å². The average molecular weight is 265 g/mol. The second-order valence-electron chi connectivity index (χ2n) is 3.48. The highest BCUT2D eigenvalue weighted by Crippen LogP contribution is 2.10. The van der Waals surface area contributed by atoms with E-state index in [1.54, 1.807) is 19.1 Å². The maximum Gasteiger partial charge on any atom is 0.239 e. The van der Waals surface area contributed by atoms with Crippen LogP contribution in [0.2, 0.25) is 0 Å². The second-order valence-corrected chi connectivity index (χ2v) is 3.48. The molecule has 0 aliphatic heterocycles. The number of hydrogen-bond acceptors (Lipinski definition) is 2. The second kappa shape index (κ2) is 8.85. The van der Waals surface area contributed by atoms with Crippen LogP contribution in [-0.2, 0) is 4.79 Å². The zero-order valence-electron chi connectivity index (χ0n) is 11.5. The molecule has 0 saturated heterocycles. The summed E-state index contributed by atoms with van der Waals surface area (Å²) in [5.41, 5.74) is 6.29. The highest BCUT2D eigenvalue weighted by atomic mass is 19.1. The third-order valence-electron chi connectivity index (χ3n) is 2.00. The molecule has 5 heteroatoms. The lowest BCUT2D eigenvalue weighted by Crippen LogP contribution is -2.21. The minimum Gasteiger partial charge on any atom is -0.368 e. The molecule has 0 atom stereocenters. The topological polar surface area (TPSA) is 67.5 Å². The van der Waals surface area contributed by atoms with E-state index in [2.05, 4.69) is 16.9 Å². The van der Waals surface area contributed by atoms with Crippen LogP contribution in [0.4, 0.5) is 4.39 Å². The molecule has 0 heterocycles. The summed E-state index contributed by atoms with van der Waals surface area (Å²) in [6.07, 6.45) is 0. The van der Waals surface area contributed by atoms with Crippen LogP contribution in [0.1, 0.15) is 26.3 Å². The van der Waals surface area contributed by atoms with Gasteiger partial charge in [-0.15, -0.1) is 0 Å². The number of benzene rings is 1. The van der Waals surface area contributed by atoms with Crippen molar-refractivity contribution in [3.63, 3.8) is 0 Å². The monoisotopic (exact) mass is 265 g/mol. The summed E-state index contributed by atoms with van der Waals surface area (Å²) >= 11 is 0. The molecule has 0 bridgehead atoms. The van der Waals surface area contributed by atoms with Gasteiger partial charge in [-0.1, -0.05) is 32.6 Å². The van der Waals surface area contributed by atoms with Gasteiger partial charge in [0.1, 0.15) is 12.4 Å². The molecule has 4 nitrogen and oxygen atoms in total. The molecular formula is C14H20FN3O. The molecule has 104 valence electrons. The standard InChI is InChI=1S/C12H14FN3O.C2H6/c1-8(10-3-5-11(13)6-4-10)16-9(2)15-7-12(14)17;1-2/h3-6H,1,7H2,2H3,(H2,14,17)(H,15,16);1-2H3. The van der Waals surface area contributed by atoms with Crippen LogP contribution < -0.4 is 11.1 Å². The first kappa shape index (κ1) is 16.8. The average Bonchev–Trinajstić information content (AvgIpc) is 2.39. The molecule has 0 unspecified atom stereocenters. The van der Waals surface area contributed by atoms with Crippen molar-refractivity contribution >= 4 is 17.4 Å². The van der Waals surface area contributed by atoms with Gasteiger partial charge in [-0.25, -0.2) is 4.39 Å². The van der Waals surface area contributed by atoms with Crippen LogP contribution >= 0.6 is 0 Å². The summed E-state index contributed by atoms with van der Waals surface area (Å²) in [5.74, 6) is -0.280. The van der Waals surface area contributed by atoms with E-state index >= 15 is 0 Å². The number of primary amides is 1. The van der Waals surface area contributed by atoms with Gasteiger partial charge in [0.25, 0.3) is 0 Å². The lowest BCUT2D eigenvalue weighted by atomic mass is 10.2. The zero-order valence-corrected chi connectivity index (χ0v) is 11.5. The fourth-order valence-corrected chi connectivity index (χ4v) is 1.18. The Balaban J connectivity index is 0.00000154. The minimum atomic E-state index is -0.501. The molecule has 0 fully saturated rings. The molecule has 1 rings (SSSR count). The fourth-order valence-electron chi connectivity index (χ4n) is 1.18. The van der Waals surface area contributed by atoms with Crippen molar-refractivity contribution in [1.29, 1.82) is 0 Å². The van der Waals surface area contributed by atoms with Crippen LogP contribution in [0, 0.1) is 5.82 Å². The van der Waals surface area contributed by atoms with Gasteiger partial charge < -0.3 is 11.1 Å². The molecular weight excluding hydrogens is 245 g/mol. The lowest BCUT2D eigenvalue weighted by molar-refractivity contribution is -0.116. The van der Waals surface area contributed by atoms with Gasteiger partial charge in [-0.05, 0) is 24.6 Å². The van der Waals surface area contributed by atoms with Crippen molar-refractivity contribution in [2.24, 2.45) is 10.7 Å². The van der Waals surface area contributed by atoms with Gasteiger partial charge in [0.05, 0.1) is 5.84 Å². The largest absolute Gasteiger partial charge is 0.368 e. The predicted molar refractivity (Wildman–Crippen MR) is 77.1 cm³/mol. The molecule has 0 aromatic heterocycles. The molecule has 1 aromatic carbocycles. The molecule has 1 aromatic rings. The van der Waals surface area contributed by atoms with Crippen molar-refractivity contribution in [2.75, 3.05) is 6.54 Å². The summed E-state index contributed by atoms with van der Waals surface area (Å²) in [6, 6.07) is 5.90.